The Kier molecular flexibility index (Phi) is 9.99. The quantitative estimate of drug-likeness (QED) is 0.229. The van der Waals surface area contributed by atoms with E-state index in [-0.39, 0.29) is 29.9 Å². The standard InChI is InChI=1S/C13H25N3O2.HI/c1-16(11-8-9-11)13(14)15-10-6-4-3-5-7-12(17)18-2;/h11H,3-10H2,1-2H3,(H2,14,15);1H. The minimum atomic E-state index is -0.122. The summed E-state index contributed by atoms with van der Waals surface area (Å²) in [6, 6.07) is 0.619. The highest BCUT2D eigenvalue weighted by Crippen LogP contribution is 2.24. The first kappa shape index (κ1) is 18.5. The average molecular weight is 383 g/mol. The van der Waals surface area contributed by atoms with E-state index in [9.17, 15) is 4.79 Å². The largest absolute Gasteiger partial charge is 0.469 e. The lowest BCUT2D eigenvalue weighted by Gasteiger charge is -2.16. The Bertz CT molecular complexity index is 294. The molecule has 19 heavy (non-hydrogen) atoms. The van der Waals surface area contributed by atoms with Crippen LogP contribution in [0.1, 0.15) is 44.9 Å². The first-order valence-corrected chi connectivity index (χ1v) is 6.74. The van der Waals surface area contributed by atoms with Gasteiger partial charge in [0.2, 0.25) is 0 Å². The molecular formula is C13H26IN3O2. The molecule has 0 unspecified atom stereocenters. The van der Waals surface area contributed by atoms with Gasteiger partial charge < -0.3 is 15.4 Å². The van der Waals surface area contributed by atoms with Crippen molar-refractivity contribution in [2.75, 3.05) is 20.7 Å². The summed E-state index contributed by atoms with van der Waals surface area (Å²) in [4.78, 5) is 17.3. The first-order valence-electron chi connectivity index (χ1n) is 6.74. The number of nitrogens with two attached hydrogens (primary N) is 1. The fourth-order valence-corrected chi connectivity index (χ4v) is 1.79. The molecule has 0 radical (unpaired) electrons. The number of carbonyl (C=O) groups is 1. The zero-order valence-electron chi connectivity index (χ0n) is 11.9. The van der Waals surface area contributed by atoms with Crippen LogP contribution in [0.4, 0.5) is 0 Å². The minimum Gasteiger partial charge on any atom is -0.469 e. The molecule has 0 saturated heterocycles. The molecule has 0 aromatic carbocycles. The highest BCUT2D eigenvalue weighted by atomic mass is 127. The third-order valence-corrected chi connectivity index (χ3v) is 3.25. The third-order valence-electron chi connectivity index (χ3n) is 3.25. The molecule has 1 aliphatic rings. The van der Waals surface area contributed by atoms with Crippen LogP contribution in [-0.2, 0) is 9.53 Å². The number of carbonyl (C=O) groups excluding carboxylic acids is 1. The van der Waals surface area contributed by atoms with Crippen molar-refractivity contribution < 1.29 is 9.53 Å². The lowest BCUT2D eigenvalue weighted by atomic mass is 10.1. The molecule has 6 heteroatoms. The molecule has 0 aromatic rings. The molecule has 1 rings (SSSR count). The van der Waals surface area contributed by atoms with E-state index in [0.717, 1.165) is 32.2 Å². The smallest absolute Gasteiger partial charge is 0.305 e. The van der Waals surface area contributed by atoms with E-state index < -0.39 is 0 Å². The molecule has 0 atom stereocenters. The number of hydrogen-bond acceptors (Lipinski definition) is 3. The van der Waals surface area contributed by atoms with E-state index in [0.29, 0.717) is 18.4 Å². The van der Waals surface area contributed by atoms with Gasteiger partial charge in [0.05, 0.1) is 7.11 Å². The van der Waals surface area contributed by atoms with E-state index >= 15 is 0 Å². The number of nitrogens with zero attached hydrogens (tertiary/aromatic N) is 2. The summed E-state index contributed by atoms with van der Waals surface area (Å²) in [5.74, 6) is 0.537. The molecule has 0 aliphatic heterocycles. The second-order valence-electron chi connectivity index (χ2n) is 4.82. The molecule has 0 aromatic heterocycles. The van der Waals surface area contributed by atoms with Gasteiger partial charge in [-0.1, -0.05) is 12.8 Å². The van der Waals surface area contributed by atoms with Crippen LogP contribution in [0.5, 0.6) is 0 Å². The Morgan fingerprint density at radius 2 is 1.95 bits per heavy atom. The molecular weight excluding hydrogens is 357 g/mol. The minimum absolute atomic E-state index is 0. The van der Waals surface area contributed by atoms with Gasteiger partial charge in [0.1, 0.15) is 0 Å². The number of guanidine groups is 1. The van der Waals surface area contributed by atoms with Crippen LogP contribution in [0, 0.1) is 0 Å². The van der Waals surface area contributed by atoms with Gasteiger partial charge in [-0.25, -0.2) is 0 Å². The molecule has 0 amide bonds. The molecule has 112 valence electrons. The van der Waals surface area contributed by atoms with Crippen molar-refractivity contribution in [2.24, 2.45) is 10.7 Å². The summed E-state index contributed by atoms with van der Waals surface area (Å²) >= 11 is 0. The molecule has 2 N–H and O–H groups in total. The second-order valence-corrected chi connectivity index (χ2v) is 4.82. The number of esters is 1. The number of methoxy groups -OCH3 is 1. The van der Waals surface area contributed by atoms with Crippen molar-refractivity contribution in [3.8, 4) is 0 Å². The summed E-state index contributed by atoms with van der Waals surface area (Å²) in [5, 5.41) is 0. The van der Waals surface area contributed by atoms with Crippen molar-refractivity contribution >= 4 is 35.9 Å². The number of aliphatic imine (C=N–C) groups is 1. The molecule has 0 spiro atoms. The predicted octanol–water partition coefficient (Wildman–Crippen LogP) is 2.14. The Hall–Kier alpha value is -0.530. The third kappa shape index (κ3) is 8.28. The summed E-state index contributed by atoms with van der Waals surface area (Å²) in [7, 11) is 3.43. The van der Waals surface area contributed by atoms with E-state index in [4.69, 9.17) is 5.73 Å². The van der Waals surface area contributed by atoms with E-state index in [1.165, 1.54) is 20.0 Å². The van der Waals surface area contributed by atoms with Gasteiger partial charge in [0.25, 0.3) is 0 Å². The maximum absolute atomic E-state index is 10.9. The van der Waals surface area contributed by atoms with Crippen molar-refractivity contribution in [1.29, 1.82) is 0 Å². The van der Waals surface area contributed by atoms with Gasteiger partial charge in [-0.05, 0) is 25.7 Å². The lowest BCUT2D eigenvalue weighted by molar-refractivity contribution is -0.140. The Morgan fingerprint density at radius 3 is 2.53 bits per heavy atom. The van der Waals surface area contributed by atoms with E-state index in [2.05, 4.69) is 14.6 Å². The molecule has 1 aliphatic carbocycles. The van der Waals surface area contributed by atoms with Crippen LogP contribution < -0.4 is 5.73 Å². The fraction of sp³-hybridized carbons (Fsp3) is 0.846. The lowest BCUT2D eigenvalue weighted by Crippen LogP contribution is -2.35. The SMILES string of the molecule is COC(=O)CCCCCCN=C(N)N(C)C1CC1.I. The normalized spacial score (nSPS) is 14.7. The van der Waals surface area contributed by atoms with Gasteiger partial charge in [-0.2, -0.15) is 0 Å². The summed E-state index contributed by atoms with van der Waals surface area (Å²) in [6.45, 7) is 0.779. The van der Waals surface area contributed by atoms with Crippen molar-refractivity contribution in [2.45, 2.75) is 51.0 Å². The second kappa shape index (κ2) is 10.3. The van der Waals surface area contributed by atoms with Crippen LogP contribution in [-0.4, -0.2) is 43.6 Å². The highest BCUT2D eigenvalue weighted by Gasteiger charge is 2.27. The summed E-state index contributed by atoms with van der Waals surface area (Å²) < 4.78 is 4.58. The van der Waals surface area contributed by atoms with E-state index in [1.807, 2.05) is 7.05 Å². The summed E-state index contributed by atoms with van der Waals surface area (Å²) in [5.41, 5.74) is 5.87. The Labute approximate surface area is 133 Å². The van der Waals surface area contributed by atoms with Crippen LogP contribution in [0.25, 0.3) is 0 Å². The van der Waals surface area contributed by atoms with Crippen LogP contribution in [0.3, 0.4) is 0 Å². The number of halogens is 1. The van der Waals surface area contributed by atoms with Crippen molar-refractivity contribution in [1.82, 2.24) is 4.90 Å². The van der Waals surface area contributed by atoms with Gasteiger partial charge in [-0.3, -0.25) is 9.79 Å². The first-order chi connectivity index (χ1) is 8.65. The van der Waals surface area contributed by atoms with Crippen LogP contribution in [0.15, 0.2) is 4.99 Å². The molecule has 1 fully saturated rings. The molecule has 5 nitrogen and oxygen atoms in total. The summed E-state index contributed by atoms with van der Waals surface area (Å²) in [6.07, 6.45) is 7.05. The molecule has 0 bridgehead atoms. The van der Waals surface area contributed by atoms with Crippen molar-refractivity contribution in [3.63, 3.8) is 0 Å². The topological polar surface area (TPSA) is 67.9 Å². The van der Waals surface area contributed by atoms with Gasteiger partial charge in [-0.15, -0.1) is 24.0 Å². The monoisotopic (exact) mass is 383 g/mol. The zero-order valence-corrected chi connectivity index (χ0v) is 14.3. The number of unbranched alkanes of at least 4 members (excludes halogenated alkanes) is 3. The Balaban J connectivity index is 0.00000324. The van der Waals surface area contributed by atoms with Crippen LogP contribution in [0.2, 0.25) is 0 Å². The average Bonchev–Trinajstić information content (AvgIpc) is 3.20. The van der Waals surface area contributed by atoms with Crippen molar-refractivity contribution in [3.05, 3.63) is 0 Å². The Morgan fingerprint density at radius 1 is 1.32 bits per heavy atom. The predicted molar refractivity (Wildman–Crippen MR) is 87.8 cm³/mol. The van der Waals surface area contributed by atoms with E-state index in [1.54, 1.807) is 0 Å². The van der Waals surface area contributed by atoms with Gasteiger partial charge in [0.15, 0.2) is 5.96 Å². The highest BCUT2D eigenvalue weighted by molar-refractivity contribution is 14.0. The van der Waals surface area contributed by atoms with Gasteiger partial charge in [0, 0.05) is 26.1 Å². The maximum Gasteiger partial charge on any atom is 0.305 e. The van der Waals surface area contributed by atoms with Gasteiger partial charge >= 0.3 is 5.97 Å². The number of ether oxygens (including phenoxy) is 1. The molecule has 0 heterocycles. The maximum atomic E-state index is 10.9. The fourth-order valence-electron chi connectivity index (χ4n) is 1.79. The molecule has 1 saturated carbocycles. The zero-order chi connectivity index (χ0) is 13.4. The van der Waals surface area contributed by atoms with Crippen LogP contribution >= 0.6 is 24.0 Å². The number of rotatable bonds is 8. The number of hydrogen-bond donors (Lipinski definition) is 1.